The summed E-state index contributed by atoms with van der Waals surface area (Å²) in [5, 5.41) is 2.76. The van der Waals surface area contributed by atoms with Crippen molar-refractivity contribution in [1.82, 2.24) is 4.98 Å². The van der Waals surface area contributed by atoms with Gasteiger partial charge in [-0.1, -0.05) is 24.3 Å². The van der Waals surface area contributed by atoms with E-state index in [1.807, 2.05) is 13.0 Å². The number of rotatable bonds is 5. The highest BCUT2D eigenvalue weighted by atomic mass is 32.2. The first-order valence-electron chi connectivity index (χ1n) is 8.25. The molecule has 3 aromatic rings. The van der Waals surface area contributed by atoms with Gasteiger partial charge in [0.25, 0.3) is 15.9 Å². The minimum absolute atomic E-state index is 0.0458. The van der Waals surface area contributed by atoms with Crippen LogP contribution >= 0.6 is 0 Å². The highest BCUT2D eigenvalue weighted by Crippen LogP contribution is 2.23. The Labute approximate surface area is 158 Å². The number of amides is 1. The molecule has 0 aliphatic rings. The second-order valence-electron chi connectivity index (χ2n) is 5.98. The van der Waals surface area contributed by atoms with Crippen LogP contribution < -0.4 is 9.62 Å². The third-order valence-corrected chi connectivity index (χ3v) is 5.94. The topological polar surface area (TPSA) is 79.4 Å². The zero-order valence-electron chi connectivity index (χ0n) is 15.0. The third-order valence-electron chi connectivity index (χ3n) is 4.16. The average molecular weight is 381 g/mol. The summed E-state index contributed by atoms with van der Waals surface area (Å²) in [5.41, 5.74) is 2.24. The van der Waals surface area contributed by atoms with E-state index in [1.165, 1.54) is 23.5 Å². The molecule has 0 radical (unpaired) electrons. The zero-order chi connectivity index (χ0) is 19.4. The summed E-state index contributed by atoms with van der Waals surface area (Å²) in [6.45, 7) is 1.85. The Hall–Kier alpha value is -3.19. The quantitative estimate of drug-likeness (QED) is 0.734. The van der Waals surface area contributed by atoms with Crippen molar-refractivity contribution in [3.05, 3.63) is 84.2 Å². The number of carbonyl (C=O) groups excluding carboxylic acids is 1. The Morgan fingerprint density at radius 1 is 1.04 bits per heavy atom. The van der Waals surface area contributed by atoms with Gasteiger partial charge in [-0.2, -0.15) is 0 Å². The van der Waals surface area contributed by atoms with Crippen LogP contribution in [-0.2, 0) is 10.0 Å². The predicted octanol–water partition coefficient (Wildman–Crippen LogP) is 3.47. The van der Waals surface area contributed by atoms with Gasteiger partial charge in [-0.3, -0.25) is 14.1 Å². The van der Waals surface area contributed by atoms with Gasteiger partial charge in [-0.05, 0) is 48.9 Å². The number of sulfonamides is 1. The fourth-order valence-corrected chi connectivity index (χ4v) is 3.76. The van der Waals surface area contributed by atoms with Gasteiger partial charge in [0.05, 0.1) is 22.5 Å². The highest BCUT2D eigenvalue weighted by molar-refractivity contribution is 7.92. The van der Waals surface area contributed by atoms with E-state index in [0.29, 0.717) is 11.4 Å². The molecule has 1 amide bonds. The van der Waals surface area contributed by atoms with Crippen molar-refractivity contribution < 1.29 is 13.2 Å². The van der Waals surface area contributed by atoms with Gasteiger partial charge in [-0.15, -0.1) is 0 Å². The van der Waals surface area contributed by atoms with Crippen LogP contribution in [0.15, 0.2) is 78.0 Å². The summed E-state index contributed by atoms with van der Waals surface area (Å²) in [6.07, 6.45) is 3.19. The maximum absolute atomic E-state index is 12.9. The van der Waals surface area contributed by atoms with Crippen molar-refractivity contribution in [3.63, 3.8) is 0 Å². The first-order valence-corrected chi connectivity index (χ1v) is 9.69. The predicted molar refractivity (Wildman–Crippen MR) is 105 cm³/mol. The van der Waals surface area contributed by atoms with E-state index in [0.717, 1.165) is 5.56 Å². The molecule has 0 saturated carbocycles. The van der Waals surface area contributed by atoms with Gasteiger partial charge in [0.15, 0.2) is 0 Å². The van der Waals surface area contributed by atoms with E-state index in [2.05, 4.69) is 10.3 Å². The fourth-order valence-electron chi connectivity index (χ4n) is 2.52. The number of para-hydroxylation sites is 1. The minimum atomic E-state index is -3.79. The molecular weight excluding hydrogens is 362 g/mol. The molecule has 0 aliphatic heterocycles. The normalized spacial score (nSPS) is 11.0. The van der Waals surface area contributed by atoms with Crippen molar-refractivity contribution in [2.24, 2.45) is 0 Å². The molecular formula is C20H19N3O3S. The number of aromatic nitrogens is 1. The molecule has 0 bridgehead atoms. The number of pyridine rings is 1. The molecule has 3 rings (SSSR count). The van der Waals surface area contributed by atoms with E-state index in [1.54, 1.807) is 54.9 Å². The number of hydrogen-bond acceptors (Lipinski definition) is 4. The van der Waals surface area contributed by atoms with Crippen molar-refractivity contribution >= 4 is 27.3 Å². The number of anilines is 2. The summed E-state index contributed by atoms with van der Waals surface area (Å²) in [5.74, 6) is -0.398. The molecule has 1 aromatic heterocycles. The molecule has 1 heterocycles. The zero-order valence-corrected chi connectivity index (χ0v) is 15.8. The molecule has 0 saturated heterocycles. The van der Waals surface area contributed by atoms with Gasteiger partial charge in [0.1, 0.15) is 0 Å². The van der Waals surface area contributed by atoms with Crippen molar-refractivity contribution in [3.8, 4) is 0 Å². The largest absolute Gasteiger partial charge is 0.320 e. The molecule has 2 aromatic carbocycles. The fraction of sp³-hybridized carbons (Fsp3) is 0.100. The Morgan fingerprint density at radius 3 is 2.48 bits per heavy atom. The Kier molecular flexibility index (Phi) is 5.23. The minimum Gasteiger partial charge on any atom is -0.320 e. The van der Waals surface area contributed by atoms with Crippen LogP contribution in [0, 0.1) is 6.92 Å². The van der Waals surface area contributed by atoms with Gasteiger partial charge < -0.3 is 5.32 Å². The number of carbonyl (C=O) groups is 1. The van der Waals surface area contributed by atoms with Crippen LogP contribution in [0.25, 0.3) is 0 Å². The smallest absolute Gasteiger partial charge is 0.264 e. The number of hydrogen-bond donors (Lipinski definition) is 1. The van der Waals surface area contributed by atoms with Gasteiger partial charge in [0, 0.05) is 18.8 Å². The number of benzene rings is 2. The summed E-state index contributed by atoms with van der Waals surface area (Å²) in [6, 6.07) is 16.5. The van der Waals surface area contributed by atoms with E-state index < -0.39 is 15.9 Å². The highest BCUT2D eigenvalue weighted by Gasteiger charge is 2.22. The summed E-state index contributed by atoms with van der Waals surface area (Å²) in [7, 11) is -2.31. The van der Waals surface area contributed by atoms with E-state index >= 15 is 0 Å². The first-order chi connectivity index (χ1) is 12.9. The lowest BCUT2D eigenvalue weighted by Gasteiger charge is -2.19. The maximum Gasteiger partial charge on any atom is 0.264 e. The molecule has 0 fully saturated rings. The van der Waals surface area contributed by atoms with Crippen LogP contribution in [0.2, 0.25) is 0 Å². The monoisotopic (exact) mass is 381 g/mol. The lowest BCUT2D eigenvalue weighted by Crippen LogP contribution is -2.26. The molecule has 1 N–H and O–H groups in total. The number of nitrogens with one attached hydrogen (secondary N) is 1. The van der Waals surface area contributed by atoms with Gasteiger partial charge in [-0.25, -0.2) is 8.42 Å². The first kappa shape index (κ1) is 18.6. The number of aryl methyl sites for hydroxylation is 1. The standard InChI is InChI=1S/C20H19N3O3S/c1-15-11-12-21-14-19(15)22-20(24)16-7-6-10-18(13-16)27(25,26)23(2)17-8-4-3-5-9-17/h3-14H,1-2H3,(H,22,24). The van der Waals surface area contributed by atoms with E-state index in [9.17, 15) is 13.2 Å². The van der Waals surface area contributed by atoms with Crippen LogP contribution in [0.5, 0.6) is 0 Å². The lowest BCUT2D eigenvalue weighted by atomic mass is 10.2. The van der Waals surface area contributed by atoms with Crippen LogP contribution in [0.3, 0.4) is 0 Å². The van der Waals surface area contributed by atoms with E-state index in [-0.39, 0.29) is 10.5 Å². The Morgan fingerprint density at radius 2 is 1.78 bits per heavy atom. The lowest BCUT2D eigenvalue weighted by molar-refractivity contribution is 0.102. The molecule has 7 heteroatoms. The second kappa shape index (κ2) is 7.59. The third kappa shape index (κ3) is 3.98. The van der Waals surface area contributed by atoms with Crippen LogP contribution in [0.4, 0.5) is 11.4 Å². The SMILES string of the molecule is Cc1ccncc1NC(=O)c1cccc(S(=O)(=O)N(C)c2ccccc2)c1. The Bertz CT molecular complexity index is 1070. The summed E-state index contributed by atoms with van der Waals surface area (Å²) in [4.78, 5) is 16.6. The summed E-state index contributed by atoms with van der Waals surface area (Å²) >= 11 is 0. The summed E-state index contributed by atoms with van der Waals surface area (Å²) < 4.78 is 27.0. The number of nitrogens with zero attached hydrogens (tertiary/aromatic N) is 2. The van der Waals surface area contributed by atoms with Crippen LogP contribution in [-0.4, -0.2) is 26.4 Å². The molecule has 27 heavy (non-hydrogen) atoms. The van der Waals surface area contributed by atoms with Gasteiger partial charge in [0.2, 0.25) is 0 Å². The molecule has 0 aliphatic carbocycles. The van der Waals surface area contributed by atoms with Crippen molar-refractivity contribution in [2.45, 2.75) is 11.8 Å². The van der Waals surface area contributed by atoms with Crippen molar-refractivity contribution in [1.29, 1.82) is 0 Å². The molecule has 0 spiro atoms. The average Bonchev–Trinajstić information content (AvgIpc) is 2.70. The van der Waals surface area contributed by atoms with E-state index in [4.69, 9.17) is 0 Å². The van der Waals surface area contributed by atoms with Gasteiger partial charge >= 0.3 is 0 Å². The molecule has 0 unspecified atom stereocenters. The second-order valence-corrected chi connectivity index (χ2v) is 7.95. The molecule has 0 atom stereocenters. The molecule has 6 nitrogen and oxygen atoms in total. The Balaban J connectivity index is 1.89. The molecule has 138 valence electrons. The maximum atomic E-state index is 12.9. The van der Waals surface area contributed by atoms with Crippen LogP contribution in [0.1, 0.15) is 15.9 Å². The van der Waals surface area contributed by atoms with Crippen molar-refractivity contribution in [2.75, 3.05) is 16.7 Å².